The Morgan fingerprint density at radius 2 is 1.82 bits per heavy atom. The highest BCUT2D eigenvalue weighted by atomic mass is 32.2. The highest BCUT2D eigenvalue weighted by Crippen LogP contribution is 2.29. The van der Waals surface area contributed by atoms with E-state index in [4.69, 9.17) is 14.2 Å². The average Bonchev–Trinajstić information content (AvgIpc) is 2.69. The van der Waals surface area contributed by atoms with Gasteiger partial charge in [0.05, 0.1) is 31.8 Å². The Bertz CT molecular complexity index is 722. The maximum atomic E-state index is 11.5. The first-order chi connectivity index (χ1) is 13.4. The molecule has 0 aromatic heterocycles. The van der Waals surface area contributed by atoms with Gasteiger partial charge < -0.3 is 19.3 Å². The molecule has 1 aromatic carbocycles. The van der Waals surface area contributed by atoms with Crippen LogP contribution in [0.15, 0.2) is 18.2 Å². The van der Waals surface area contributed by atoms with E-state index in [1.807, 2.05) is 23.1 Å². The van der Waals surface area contributed by atoms with Crippen molar-refractivity contribution in [3.05, 3.63) is 23.8 Å². The molecule has 28 heavy (non-hydrogen) atoms. The topological polar surface area (TPSA) is 88.5 Å². The first kappa shape index (κ1) is 21.3. The molecule has 158 valence electrons. The first-order valence-electron chi connectivity index (χ1n) is 9.66. The smallest absolute Gasteiger partial charge is 0.161 e. The molecule has 0 saturated carbocycles. The van der Waals surface area contributed by atoms with Gasteiger partial charge in [0, 0.05) is 39.3 Å². The van der Waals surface area contributed by atoms with Crippen LogP contribution in [0.4, 0.5) is 0 Å². The predicted molar refractivity (Wildman–Crippen MR) is 106 cm³/mol. The summed E-state index contributed by atoms with van der Waals surface area (Å²) in [5, 5.41) is 10.3. The van der Waals surface area contributed by atoms with Gasteiger partial charge >= 0.3 is 0 Å². The van der Waals surface area contributed by atoms with E-state index < -0.39 is 15.9 Å². The number of nitrogens with zero attached hydrogens (tertiary/aromatic N) is 2. The summed E-state index contributed by atoms with van der Waals surface area (Å²) in [6.45, 7) is 5.64. The number of ether oxygens (including phenoxy) is 3. The van der Waals surface area contributed by atoms with Crippen molar-refractivity contribution < 1.29 is 27.7 Å². The van der Waals surface area contributed by atoms with Crippen LogP contribution in [0.25, 0.3) is 0 Å². The second kappa shape index (κ2) is 9.89. The van der Waals surface area contributed by atoms with Gasteiger partial charge in [-0.25, -0.2) is 8.42 Å². The van der Waals surface area contributed by atoms with E-state index in [1.165, 1.54) is 0 Å². The Morgan fingerprint density at radius 3 is 2.50 bits per heavy atom. The Morgan fingerprint density at radius 1 is 1.11 bits per heavy atom. The second-order valence-electron chi connectivity index (χ2n) is 7.29. The monoisotopic (exact) mass is 414 g/mol. The van der Waals surface area contributed by atoms with E-state index >= 15 is 0 Å². The Hall–Kier alpha value is -1.39. The van der Waals surface area contributed by atoms with Crippen LogP contribution < -0.4 is 9.47 Å². The molecule has 0 amide bonds. The minimum Gasteiger partial charge on any atom is -0.493 e. The third kappa shape index (κ3) is 6.31. The fourth-order valence-electron chi connectivity index (χ4n) is 3.42. The molecule has 0 spiro atoms. The van der Waals surface area contributed by atoms with Crippen molar-refractivity contribution in [1.82, 2.24) is 9.80 Å². The lowest BCUT2D eigenvalue weighted by Crippen LogP contribution is -2.44. The number of aliphatic hydroxyl groups is 1. The number of methoxy groups -OCH3 is 1. The third-order valence-corrected chi connectivity index (χ3v) is 6.68. The minimum absolute atomic E-state index is 0.127. The van der Waals surface area contributed by atoms with E-state index in [2.05, 4.69) is 4.90 Å². The van der Waals surface area contributed by atoms with Crippen LogP contribution in [0.5, 0.6) is 11.5 Å². The highest BCUT2D eigenvalue weighted by molar-refractivity contribution is 7.91. The summed E-state index contributed by atoms with van der Waals surface area (Å²) < 4.78 is 39.6. The van der Waals surface area contributed by atoms with Crippen LogP contribution in [-0.2, 0) is 21.1 Å². The summed E-state index contributed by atoms with van der Waals surface area (Å²) in [5.74, 6) is 1.54. The molecule has 2 heterocycles. The lowest BCUT2D eigenvalue weighted by molar-refractivity contribution is 0.0341. The van der Waals surface area contributed by atoms with E-state index in [0.717, 1.165) is 38.4 Å². The molecule has 0 aliphatic carbocycles. The van der Waals surface area contributed by atoms with E-state index in [0.29, 0.717) is 31.1 Å². The number of aliphatic hydroxyl groups excluding tert-OH is 1. The molecule has 2 aliphatic rings. The standard InChI is InChI=1S/C19H30N2O6S/c1-25-19-12-16(13-20-4-8-26-9-5-20)2-3-18(19)27-15-17(22)14-21-6-10-28(23,24)11-7-21/h2-3,12,17,22H,4-11,13-15H2,1H3. The van der Waals surface area contributed by atoms with Crippen molar-refractivity contribution >= 4 is 9.84 Å². The van der Waals surface area contributed by atoms with Gasteiger partial charge in [-0.15, -0.1) is 0 Å². The molecule has 1 unspecified atom stereocenters. The molecule has 9 heteroatoms. The number of benzene rings is 1. The lowest BCUT2D eigenvalue weighted by atomic mass is 10.2. The fraction of sp³-hybridized carbons (Fsp3) is 0.684. The van der Waals surface area contributed by atoms with Crippen LogP contribution in [0.3, 0.4) is 0 Å². The zero-order valence-corrected chi connectivity index (χ0v) is 17.2. The van der Waals surface area contributed by atoms with E-state index in [9.17, 15) is 13.5 Å². The van der Waals surface area contributed by atoms with Crippen LogP contribution in [0, 0.1) is 0 Å². The molecule has 3 rings (SSSR count). The van der Waals surface area contributed by atoms with Gasteiger partial charge in [-0.3, -0.25) is 9.80 Å². The first-order valence-corrected chi connectivity index (χ1v) is 11.5. The molecule has 1 atom stereocenters. The van der Waals surface area contributed by atoms with E-state index in [1.54, 1.807) is 7.11 Å². The van der Waals surface area contributed by atoms with Crippen molar-refractivity contribution in [3.63, 3.8) is 0 Å². The molecule has 0 radical (unpaired) electrons. The van der Waals surface area contributed by atoms with Gasteiger partial charge in [0.15, 0.2) is 21.3 Å². The highest BCUT2D eigenvalue weighted by Gasteiger charge is 2.23. The SMILES string of the molecule is COc1cc(CN2CCOCC2)ccc1OCC(O)CN1CCS(=O)(=O)CC1. The molecule has 0 bridgehead atoms. The summed E-state index contributed by atoms with van der Waals surface area (Å²) in [4.78, 5) is 4.29. The van der Waals surface area contributed by atoms with Crippen LogP contribution in [0.1, 0.15) is 5.56 Å². The van der Waals surface area contributed by atoms with Gasteiger partial charge in [-0.1, -0.05) is 6.07 Å². The summed E-state index contributed by atoms with van der Waals surface area (Å²) >= 11 is 0. The van der Waals surface area contributed by atoms with Crippen molar-refractivity contribution in [2.24, 2.45) is 0 Å². The zero-order valence-electron chi connectivity index (χ0n) is 16.4. The van der Waals surface area contributed by atoms with Gasteiger partial charge in [0.25, 0.3) is 0 Å². The summed E-state index contributed by atoms with van der Waals surface area (Å²) in [5.41, 5.74) is 1.14. The largest absolute Gasteiger partial charge is 0.493 e. The maximum Gasteiger partial charge on any atom is 0.161 e. The summed E-state index contributed by atoms with van der Waals surface area (Å²) in [6, 6.07) is 5.84. The fourth-order valence-corrected chi connectivity index (χ4v) is 4.69. The third-order valence-electron chi connectivity index (χ3n) is 5.08. The Balaban J connectivity index is 1.49. The van der Waals surface area contributed by atoms with Gasteiger partial charge in [-0.05, 0) is 17.7 Å². The number of rotatable bonds is 8. The number of β-amino-alcohol motifs (C(OH)–C–C–N with tert-alkyl or cyclic N) is 1. The molecule has 1 N–H and O–H groups in total. The number of sulfone groups is 1. The minimum atomic E-state index is -2.91. The quantitative estimate of drug-likeness (QED) is 0.636. The molecular weight excluding hydrogens is 384 g/mol. The maximum absolute atomic E-state index is 11.5. The normalized spacial score (nSPS) is 21.9. The zero-order chi connectivity index (χ0) is 20.0. The van der Waals surface area contributed by atoms with Gasteiger partial charge in [-0.2, -0.15) is 0 Å². The van der Waals surface area contributed by atoms with Crippen LogP contribution in [-0.4, -0.2) is 101 Å². The number of morpholine rings is 1. The van der Waals surface area contributed by atoms with Crippen LogP contribution >= 0.6 is 0 Å². The molecule has 1 aromatic rings. The molecular formula is C19H30N2O6S. The van der Waals surface area contributed by atoms with Gasteiger partial charge in [0.2, 0.25) is 0 Å². The average molecular weight is 415 g/mol. The van der Waals surface area contributed by atoms with E-state index in [-0.39, 0.29) is 18.1 Å². The van der Waals surface area contributed by atoms with Gasteiger partial charge in [0.1, 0.15) is 12.7 Å². The number of hydrogen-bond acceptors (Lipinski definition) is 8. The number of hydrogen-bond donors (Lipinski definition) is 1. The summed E-state index contributed by atoms with van der Waals surface area (Å²) in [6.07, 6.45) is -0.696. The molecule has 2 saturated heterocycles. The molecule has 2 fully saturated rings. The molecule has 2 aliphatic heterocycles. The lowest BCUT2D eigenvalue weighted by Gasteiger charge is -2.28. The summed E-state index contributed by atoms with van der Waals surface area (Å²) in [7, 11) is -1.31. The van der Waals surface area contributed by atoms with Crippen LogP contribution in [0.2, 0.25) is 0 Å². The Labute approximate surface area is 166 Å². The Kier molecular flexibility index (Phi) is 7.53. The van der Waals surface area contributed by atoms with Crippen molar-refractivity contribution in [2.45, 2.75) is 12.6 Å². The van der Waals surface area contributed by atoms with Crippen molar-refractivity contribution in [1.29, 1.82) is 0 Å². The predicted octanol–water partition coefficient (Wildman–Crippen LogP) is -0.00250. The second-order valence-corrected chi connectivity index (χ2v) is 9.59. The van der Waals surface area contributed by atoms with Crippen molar-refractivity contribution in [2.75, 3.05) is 71.2 Å². The molecule has 8 nitrogen and oxygen atoms in total. The van der Waals surface area contributed by atoms with Crippen molar-refractivity contribution in [3.8, 4) is 11.5 Å².